The number of halogens is 1. The Morgan fingerprint density at radius 2 is 1.91 bits per heavy atom. The van der Waals surface area contributed by atoms with Crippen molar-refractivity contribution in [1.29, 1.82) is 5.26 Å². The fourth-order valence-electron chi connectivity index (χ4n) is 4.06. The SMILES string of the molecule is N#CCC1(n2cc(C(N)=O)c(Nc3ccc(F)cc3)n2)CCN(c2cccc(C(=O)O)n2)CC1. The molecule has 0 aliphatic carbocycles. The van der Waals surface area contributed by atoms with E-state index in [4.69, 9.17) is 5.73 Å². The molecule has 10 nitrogen and oxygen atoms in total. The molecule has 4 rings (SSSR count). The van der Waals surface area contributed by atoms with E-state index in [0.717, 1.165) is 0 Å². The number of rotatable bonds is 7. The van der Waals surface area contributed by atoms with E-state index < -0.39 is 23.2 Å². The van der Waals surface area contributed by atoms with Crippen molar-refractivity contribution in [3.63, 3.8) is 0 Å². The molecule has 174 valence electrons. The lowest BCUT2D eigenvalue weighted by Crippen LogP contribution is -2.46. The minimum Gasteiger partial charge on any atom is -0.477 e. The van der Waals surface area contributed by atoms with E-state index in [2.05, 4.69) is 21.5 Å². The van der Waals surface area contributed by atoms with Gasteiger partial charge in [-0.1, -0.05) is 6.07 Å². The van der Waals surface area contributed by atoms with E-state index in [0.29, 0.717) is 37.4 Å². The van der Waals surface area contributed by atoms with Crippen molar-refractivity contribution in [2.45, 2.75) is 24.8 Å². The molecular weight excluding hydrogens is 441 g/mol. The zero-order valence-electron chi connectivity index (χ0n) is 18.1. The zero-order valence-corrected chi connectivity index (χ0v) is 18.1. The van der Waals surface area contributed by atoms with Gasteiger partial charge < -0.3 is 21.1 Å². The first-order chi connectivity index (χ1) is 16.3. The highest BCUT2D eigenvalue weighted by Gasteiger charge is 2.38. The number of aromatic nitrogens is 3. The summed E-state index contributed by atoms with van der Waals surface area (Å²) < 4.78 is 14.9. The first kappa shape index (κ1) is 22.7. The Morgan fingerprint density at radius 3 is 2.53 bits per heavy atom. The number of hydrogen-bond donors (Lipinski definition) is 3. The first-order valence-electron chi connectivity index (χ1n) is 10.6. The number of carbonyl (C=O) groups excluding carboxylic acids is 1. The van der Waals surface area contributed by atoms with Gasteiger partial charge in [0.1, 0.15) is 17.2 Å². The number of primary amides is 1. The van der Waals surface area contributed by atoms with Crippen LogP contribution in [0.2, 0.25) is 0 Å². The number of nitriles is 1. The van der Waals surface area contributed by atoms with E-state index in [1.807, 2.05) is 4.90 Å². The highest BCUT2D eigenvalue weighted by molar-refractivity contribution is 5.98. The predicted octanol–water partition coefficient (Wildman–Crippen LogP) is 2.87. The zero-order chi connectivity index (χ0) is 24.3. The largest absolute Gasteiger partial charge is 0.477 e. The number of nitrogens with zero attached hydrogens (tertiary/aromatic N) is 5. The summed E-state index contributed by atoms with van der Waals surface area (Å²) in [5.41, 5.74) is 5.52. The van der Waals surface area contributed by atoms with Crippen molar-refractivity contribution in [2.75, 3.05) is 23.3 Å². The summed E-state index contributed by atoms with van der Waals surface area (Å²) >= 11 is 0. The third kappa shape index (κ3) is 4.52. The molecular formula is C23H22FN7O3. The molecule has 1 amide bonds. The van der Waals surface area contributed by atoms with Crippen LogP contribution in [0.3, 0.4) is 0 Å². The summed E-state index contributed by atoms with van der Waals surface area (Å²) in [4.78, 5) is 29.5. The Balaban J connectivity index is 1.60. The summed E-state index contributed by atoms with van der Waals surface area (Å²) in [7, 11) is 0. The van der Waals surface area contributed by atoms with Gasteiger partial charge in [0.05, 0.1) is 18.0 Å². The highest BCUT2D eigenvalue weighted by Crippen LogP contribution is 2.36. The second-order valence-electron chi connectivity index (χ2n) is 8.06. The van der Waals surface area contributed by atoms with Gasteiger partial charge in [-0.25, -0.2) is 14.2 Å². The van der Waals surface area contributed by atoms with Gasteiger partial charge in [0.2, 0.25) is 0 Å². The Kier molecular flexibility index (Phi) is 6.14. The van der Waals surface area contributed by atoms with Crippen LogP contribution in [-0.2, 0) is 5.54 Å². The van der Waals surface area contributed by atoms with Crippen LogP contribution < -0.4 is 16.0 Å². The summed E-state index contributed by atoms with van der Waals surface area (Å²) in [6.07, 6.45) is 2.70. The van der Waals surface area contributed by atoms with Crippen LogP contribution in [0.5, 0.6) is 0 Å². The topological polar surface area (TPSA) is 150 Å². The van der Waals surface area contributed by atoms with Crippen LogP contribution >= 0.6 is 0 Å². The Labute approximate surface area is 194 Å². The second kappa shape index (κ2) is 9.19. The molecule has 1 saturated heterocycles. The van der Waals surface area contributed by atoms with Crippen molar-refractivity contribution in [3.8, 4) is 6.07 Å². The molecule has 1 aliphatic rings. The van der Waals surface area contributed by atoms with Crippen molar-refractivity contribution in [2.24, 2.45) is 5.73 Å². The molecule has 11 heteroatoms. The molecule has 0 saturated carbocycles. The lowest BCUT2D eigenvalue weighted by Gasteiger charge is -2.41. The van der Waals surface area contributed by atoms with Gasteiger partial charge >= 0.3 is 5.97 Å². The molecule has 0 bridgehead atoms. The molecule has 3 aromatic rings. The van der Waals surface area contributed by atoms with E-state index in [1.165, 1.54) is 36.5 Å². The van der Waals surface area contributed by atoms with Crippen LogP contribution in [0.1, 0.15) is 40.1 Å². The average molecular weight is 463 g/mol. The number of piperidine rings is 1. The molecule has 1 aliphatic heterocycles. The summed E-state index contributed by atoms with van der Waals surface area (Å²) in [6, 6.07) is 12.6. The van der Waals surface area contributed by atoms with E-state index in [9.17, 15) is 24.3 Å². The van der Waals surface area contributed by atoms with Gasteiger partial charge in [0.15, 0.2) is 11.5 Å². The lowest BCUT2D eigenvalue weighted by atomic mass is 9.85. The highest BCUT2D eigenvalue weighted by atomic mass is 19.1. The molecule has 0 radical (unpaired) electrons. The van der Waals surface area contributed by atoms with Gasteiger partial charge in [-0.3, -0.25) is 9.48 Å². The maximum atomic E-state index is 13.2. The van der Waals surface area contributed by atoms with Crippen LogP contribution in [0, 0.1) is 17.1 Å². The number of pyridine rings is 1. The fourth-order valence-corrected chi connectivity index (χ4v) is 4.06. The number of benzene rings is 1. The minimum atomic E-state index is -1.10. The van der Waals surface area contributed by atoms with Crippen molar-refractivity contribution in [3.05, 3.63) is 65.7 Å². The van der Waals surface area contributed by atoms with Gasteiger partial charge in [-0.05, 0) is 49.2 Å². The number of aromatic carboxylic acids is 1. The lowest BCUT2D eigenvalue weighted by molar-refractivity contribution is 0.0690. The van der Waals surface area contributed by atoms with Crippen molar-refractivity contribution in [1.82, 2.24) is 14.8 Å². The monoisotopic (exact) mass is 463 g/mol. The number of amides is 1. The number of anilines is 3. The van der Waals surface area contributed by atoms with Gasteiger partial charge in [-0.15, -0.1) is 0 Å². The standard InChI is InChI=1S/C23H22FN7O3/c24-15-4-6-16(7-5-15)27-21-17(20(26)32)14-31(29-21)23(8-11-25)9-12-30(13-10-23)19-3-1-2-18(28-19)22(33)34/h1-7,14H,8-10,12-13H2,(H2,26,32)(H,27,29)(H,33,34). The Bertz CT molecular complexity index is 1260. The predicted molar refractivity (Wildman–Crippen MR) is 121 cm³/mol. The van der Waals surface area contributed by atoms with Crippen molar-refractivity contribution < 1.29 is 19.1 Å². The molecule has 1 fully saturated rings. The van der Waals surface area contributed by atoms with Crippen LogP contribution in [0.15, 0.2) is 48.7 Å². The van der Waals surface area contributed by atoms with E-state index in [1.54, 1.807) is 16.8 Å². The maximum Gasteiger partial charge on any atom is 0.354 e. The molecule has 4 N–H and O–H groups in total. The fraction of sp³-hybridized carbons (Fsp3) is 0.261. The number of carbonyl (C=O) groups is 2. The van der Waals surface area contributed by atoms with Crippen molar-refractivity contribution >= 4 is 29.2 Å². The van der Waals surface area contributed by atoms with Gasteiger partial charge in [0.25, 0.3) is 5.91 Å². The number of nitrogens with two attached hydrogens (primary N) is 1. The van der Waals surface area contributed by atoms with Crippen LogP contribution in [0.4, 0.5) is 21.7 Å². The van der Waals surface area contributed by atoms with Crippen LogP contribution in [0.25, 0.3) is 0 Å². The van der Waals surface area contributed by atoms with Gasteiger partial charge in [-0.2, -0.15) is 10.4 Å². The summed E-state index contributed by atoms with van der Waals surface area (Å²) in [5.74, 6) is -1.42. The number of hydrogen-bond acceptors (Lipinski definition) is 7. The molecule has 3 heterocycles. The molecule has 0 atom stereocenters. The second-order valence-corrected chi connectivity index (χ2v) is 8.06. The molecule has 0 unspecified atom stereocenters. The third-order valence-electron chi connectivity index (χ3n) is 5.95. The smallest absolute Gasteiger partial charge is 0.354 e. The quantitative estimate of drug-likeness (QED) is 0.484. The first-order valence-corrected chi connectivity index (χ1v) is 10.6. The summed E-state index contributed by atoms with van der Waals surface area (Å²) in [6.45, 7) is 1.01. The normalized spacial score (nSPS) is 14.9. The molecule has 34 heavy (non-hydrogen) atoms. The Hall–Kier alpha value is -4.46. The third-order valence-corrected chi connectivity index (χ3v) is 5.95. The van der Waals surface area contributed by atoms with E-state index >= 15 is 0 Å². The number of carboxylic acid groups (broad SMARTS) is 1. The number of carboxylic acids is 1. The van der Waals surface area contributed by atoms with Crippen LogP contribution in [-0.4, -0.2) is 44.8 Å². The molecule has 1 aromatic carbocycles. The average Bonchev–Trinajstić information content (AvgIpc) is 3.26. The van der Waals surface area contributed by atoms with E-state index in [-0.39, 0.29) is 23.5 Å². The van der Waals surface area contributed by atoms with Gasteiger partial charge in [0, 0.05) is 25.0 Å². The molecule has 0 spiro atoms. The molecule has 2 aromatic heterocycles. The maximum absolute atomic E-state index is 13.2. The minimum absolute atomic E-state index is 0.0407. The number of nitrogens with one attached hydrogen (secondary N) is 1. The Morgan fingerprint density at radius 1 is 1.21 bits per heavy atom. The summed E-state index contributed by atoms with van der Waals surface area (Å²) in [5, 5.41) is 26.3.